The molecule has 1 unspecified atom stereocenters. The molecule has 0 radical (unpaired) electrons. The minimum Gasteiger partial charge on any atom is -0.508 e. The molecular formula is C41H45F2N5O5. The van der Waals surface area contributed by atoms with E-state index in [4.69, 9.17) is 30.6 Å². The zero-order valence-corrected chi connectivity index (χ0v) is 30.0. The highest BCUT2D eigenvalue weighted by Crippen LogP contribution is 2.51. The molecule has 53 heavy (non-hydrogen) atoms. The van der Waals surface area contributed by atoms with Gasteiger partial charge in [0, 0.05) is 54.4 Å². The van der Waals surface area contributed by atoms with Gasteiger partial charge in [-0.25, -0.2) is 8.78 Å². The Bertz CT molecular complexity index is 2110. The number of anilines is 1. The van der Waals surface area contributed by atoms with E-state index in [2.05, 4.69) is 15.8 Å². The predicted molar refractivity (Wildman–Crippen MR) is 196 cm³/mol. The van der Waals surface area contributed by atoms with Crippen molar-refractivity contribution < 1.29 is 33.2 Å². The number of benzene rings is 2. The number of aromatic nitrogens is 3. The van der Waals surface area contributed by atoms with Gasteiger partial charge in [0.1, 0.15) is 34.2 Å². The van der Waals surface area contributed by atoms with E-state index in [9.17, 15) is 14.6 Å². The topological polar surface area (TPSA) is 113 Å². The van der Waals surface area contributed by atoms with E-state index in [1.54, 1.807) is 6.92 Å². The molecule has 2 aromatic heterocycles. The van der Waals surface area contributed by atoms with Gasteiger partial charge in [0.05, 0.1) is 37.3 Å². The lowest BCUT2D eigenvalue weighted by Gasteiger charge is -2.48. The molecule has 2 N–H and O–H groups in total. The molecule has 0 amide bonds. The van der Waals surface area contributed by atoms with E-state index in [-0.39, 0.29) is 58.1 Å². The molecule has 3 aliphatic heterocycles. The molecule has 2 saturated carbocycles. The molecule has 10 nitrogen and oxygen atoms in total. The SMILES string of the molecule is C#Cc1c(F)ccc2cc(O)cc(-c3ncc4c(N5CCOC[C@@](C)(O)C5)nc(OC[C@]56CCC[C@H]5N(C5C[C@H]7COC[C@H]7C5)CCC6)nc4c3F)c12. The van der Waals surface area contributed by atoms with Crippen LogP contribution in [0, 0.1) is 41.2 Å². The molecule has 12 heteroatoms. The van der Waals surface area contributed by atoms with Crippen molar-refractivity contribution >= 4 is 27.5 Å². The number of nitrogens with zero attached hydrogens (tertiary/aromatic N) is 5. The lowest BCUT2D eigenvalue weighted by Crippen LogP contribution is -2.55. The number of aliphatic hydroxyl groups is 1. The summed E-state index contributed by atoms with van der Waals surface area (Å²) in [6.45, 7) is 6.00. The van der Waals surface area contributed by atoms with Crippen LogP contribution in [0.25, 0.3) is 32.9 Å². The second-order valence-electron chi connectivity index (χ2n) is 16.2. The van der Waals surface area contributed by atoms with Crippen LogP contribution in [0.3, 0.4) is 0 Å². The summed E-state index contributed by atoms with van der Waals surface area (Å²) in [7, 11) is 0. The maximum absolute atomic E-state index is 17.1. The van der Waals surface area contributed by atoms with Gasteiger partial charge in [-0.2, -0.15) is 9.97 Å². The van der Waals surface area contributed by atoms with Gasteiger partial charge in [0.25, 0.3) is 0 Å². The number of aromatic hydroxyl groups is 1. The van der Waals surface area contributed by atoms with Crippen LogP contribution >= 0.6 is 0 Å². The number of phenolic OH excluding ortho intramolecular Hbond substituents is 1. The summed E-state index contributed by atoms with van der Waals surface area (Å²) in [6.07, 6.45) is 15.0. The number of likely N-dealkylation sites (tertiary alicyclic amines) is 1. The zero-order valence-electron chi connectivity index (χ0n) is 30.0. The molecule has 3 saturated heterocycles. The fourth-order valence-electron chi connectivity index (χ4n) is 10.3. The largest absolute Gasteiger partial charge is 0.508 e. The van der Waals surface area contributed by atoms with E-state index in [0.29, 0.717) is 60.3 Å². The molecule has 5 heterocycles. The van der Waals surface area contributed by atoms with Crippen LogP contribution in [0.1, 0.15) is 57.4 Å². The van der Waals surface area contributed by atoms with Gasteiger partial charge in [-0.3, -0.25) is 9.88 Å². The lowest BCUT2D eigenvalue weighted by molar-refractivity contribution is -0.0247. The zero-order chi connectivity index (χ0) is 36.5. The van der Waals surface area contributed by atoms with Gasteiger partial charge < -0.3 is 29.3 Å². The van der Waals surface area contributed by atoms with Gasteiger partial charge in [0.15, 0.2) is 5.82 Å². The summed E-state index contributed by atoms with van der Waals surface area (Å²) in [5, 5.41) is 22.8. The Hall–Kier alpha value is -4.15. The van der Waals surface area contributed by atoms with E-state index in [0.717, 1.165) is 51.9 Å². The minimum absolute atomic E-state index is 0.0363. The molecule has 0 spiro atoms. The van der Waals surface area contributed by atoms with Crippen LogP contribution in [0.5, 0.6) is 11.8 Å². The van der Waals surface area contributed by atoms with E-state index >= 15 is 4.39 Å². The van der Waals surface area contributed by atoms with Crippen LogP contribution in [0.15, 0.2) is 30.5 Å². The fraction of sp³-hybridized carbons (Fsp3) is 0.537. The van der Waals surface area contributed by atoms with Crippen LogP contribution in [-0.2, 0) is 9.47 Å². The van der Waals surface area contributed by atoms with Crippen molar-refractivity contribution in [2.75, 3.05) is 57.6 Å². The van der Waals surface area contributed by atoms with Crippen molar-refractivity contribution in [3.8, 4) is 35.4 Å². The van der Waals surface area contributed by atoms with Gasteiger partial charge in [-0.15, -0.1) is 6.42 Å². The number of fused-ring (bicyclic) bond motifs is 4. The number of piperidine rings is 1. The van der Waals surface area contributed by atoms with Crippen molar-refractivity contribution in [3.63, 3.8) is 0 Å². The van der Waals surface area contributed by atoms with E-state index < -0.39 is 17.2 Å². The highest BCUT2D eigenvalue weighted by molar-refractivity contribution is 6.03. The van der Waals surface area contributed by atoms with Gasteiger partial charge in [-0.1, -0.05) is 18.4 Å². The van der Waals surface area contributed by atoms with Crippen molar-refractivity contribution in [2.45, 2.75) is 69.6 Å². The Balaban J connectivity index is 1.12. The highest BCUT2D eigenvalue weighted by atomic mass is 19.1. The number of phenols is 1. The van der Waals surface area contributed by atoms with Crippen LogP contribution < -0.4 is 9.64 Å². The standard InChI is InChI=1S/C41H45F2N5O5/c1-3-29-32(42)8-7-24-16-28(49)17-30(34(24)29)36-35(43)37-31(18-44-36)38(47-12-13-51-22-40(2,50)21-47)46-39(45-37)53-23-41-9-4-6-33(41)48(11-5-10-41)27-14-25-19-52-20-26(25)15-27/h1,7-8,16-18,25-27,33,49-50H,4-6,9-15,19-23H2,2H3/t25-,26+,27?,33-,40+,41-/m1/s1. The van der Waals surface area contributed by atoms with Crippen molar-refractivity contribution in [1.29, 1.82) is 0 Å². The average molecular weight is 726 g/mol. The first-order valence-electron chi connectivity index (χ1n) is 18.9. The Morgan fingerprint density at radius 1 is 1.08 bits per heavy atom. The quantitative estimate of drug-likeness (QED) is 0.235. The molecule has 4 aromatic rings. The number of hydrogen-bond acceptors (Lipinski definition) is 10. The second-order valence-corrected chi connectivity index (χ2v) is 16.2. The second kappa shape index (κ2) is 13.3. The molecule has 5 fully saturated rings. The first kappa shape index (κ1) is 34.6. The number of rotatable bonds is 6. The third kappa shape index (κ3) is 6.06. The molecule has 2 aromatic carbocycles. The fourth-order valence-corrected chi connectivity index (χ4v) is 10.3. The van der Waals surface area contributed by atoms with Gasteiger partial charge in [0.2, 0.25) is 0 Å². The molecule has 0 bridgehead atoms. The average Bonchev–Trinajstić information content (AvgIpc) is 3.85. The minimum atomic E-state index is -1.19. The van der Waals surface area contributed by atoms with Crippen molar-refractivity contribution in [3.05, 3.63) is 47.7 Å². The summed E-state index contributed by atoms with van der Waals surface area (Å²) >= 11 is 0. The van der Waals surface area contributed by atoms with E-state index in [1.165, 1.54) is 43.3 Å². The lowest BCUT2D eigenvalue weighted by atomic mass is 9.75. The normalized spacial score (nSPS) is 30.4. The molecule has 5 aliphatic rings. The first-order valence-corrected chi connectivity index (χ1v) is 18.9. The molecule has 2 aliphatic carbocycles. The number of β-amino-alcohol motifs (C(OH)–C–C–N with tert-alkyl or cyclic N) is 1. The third-order valence-corrected chi connectivity index (χ3v) is 12.6. The predicted octanol–water partition coefficient (Wildman–Crippen LogP) is 5.84. The highest BCUT2D eigenvalue weighted by Gasteiger charge is 2.52. The van der Waals surface area contributed by atoms with Gasteiger partial charge in [-0.05, 0) is 87.4 Å². The molecule has 278 valence electrons. The number of terminal acetylenes is 1. The van der Waals surface area contributed by atoms with Gasteiger partial charge >= 0.3 is 6.01 Å². The van der Waals surface area contributed by atoms with Crippen molar-refractivity contribution in [2.24, 2.45) is 17.3 Å². The molecular weight excluding hydrogens is 680 g/mol. The first-order chi connectivity index (χ1) is 25.6. The Kier molecular flexibility index (Phi) is 8.69. The number of ether oxygens (including phenoxy) is 3. The number of hydrogen-bond donors (Lipinski definition) is 2. The van der Waals surface area contributed by atoms with Crippen LogP contribution in [0.4, 0.5) is 14.6 Å². The molecule has 6 atom stereocenters. The monoisotopic (exact) mass is 725 g/mol. The number of halogens is 2. The maximum atomic E-state index is 17.1. The summed E-state index contributed by atoms with van der Waals surface area (Å²) < 4.78 is 50.2. The summed E-state index contributed by atoms with van der Waals surface area (Å²) in [5.74, 6) is 2.51. The van der Waals surface area contributed by atoms with E-state index in [1.807, 2.05) is 4.90 Å². The summed E-state index contributed by atoms with van der Waals surface area (Å²) in [4.78, 5) is 18.7. The Labute approximate surface area is 307 Å². The Morgan fingerprint density at radius 3 is 2.70 bits per heavy atom. The maximum Gasteiger partial charge on any atom is 0.319 e. The molecule has 9 rings (SSSR count). The van der Waals surface area contributed by atoms with Crippen molar-refractivity contribution in [1.82, 2.24) is 19.9 Å². The summed E-state index contributed by atoms with van der Waals surface area (Å²) in [5.41, 5.74) is -1.36. The smallest absolute Gasteiger partial charge is 0.319 e. The third-order valence-electron chi connectivity index (χ3n) is 12.6. The van der Waals surface area contributed by atoms with Crippen LogP contribution in [-0.4, -0.2) is 100 Å². The Morgan fingerprint density at radius 2 is 1.89 bits per heavy atom. The summed E-state index contributed by atoms with van der Waals surface area (Å²) in [6, 6.07) is 6.50. The number of pyridine rings is 1. The van der Waals surface area contributed by atoms with Crippen LogP contribution in [0.2, 0.25) is 0 Å².